The van der Waals surface area contributed by atoms with Crippen LogP contribution in [0.25, 0.3) is 0 Å². The molecular weight excluding hydrogens is 395 g/mol. The molecular formula is C25H37O2PS. The van der Waals surface area contributed by atoms with Crippen LogP contribution in [0.2, 0.25) is 0 Å². The standard InChI is InChI=1S/C25H37O2PS/c1-15-11-19(26)17(23(3,4)5)13-21(15)29-22-14-18(24(6,7)8)20(12-16(22)2)27-25(9,10)28/h11-14,26H,28H2,1-10H3. The van der Waals surface area contributed by atoms with Gasteiger partial charge in [0.25, 0.3) is 0 Å². The van der Waals surface area contributed by atoms with E-state index in [0.717, 1.165) is 16.9 Å². The summed E-state index contributed by atoms with van der Waals surface area (Å²) in [4.78, 5) is 2.40. The first-order valence-electron chi connectivity index (χ1n) is 10.1. The summed E-state index contributed by atoms with van der Waals surface area (Å²) >= 11 is 1.76. The molecule has 2 rings (SSSR count). The quantitative estimate of drug-likeness (QED) is 0.501. The molecule has 0 saturated heterocycles. The number of phenolic OH excluding ortho intramolecular Hbond substituents is 1. The lowest BCUT2D eigenvalue weighted by Crippen LogP contribution is -2.22. The van der Waals surface area contributed by atoms with Gasteiger partial charge in [-0.25, -0.2) is 0 Å². The molecule has 0 fully saturated rings. The Labute approximate surface area is 184 Å². The Morgan fingerprint density at radius 3 is 1.66 bits per heavy atom. The van der Waals surface area contributed by atoms with E-state index >= 15 is 0 Å². The highest BCUT2D eigenvalue weighted by Crippen LogP contribution is 2.43. The van der Waals surface area contributed by atoms with Crippen molar-refractivity contribution in [3.05, 3.63) is 46.5 Å². The zero-order chi connectivity index (χ0) is 22.4. The number of aryl methyl sites for hydroxylation is 2. The molecule has 1 unspecified atom stereocenters. The number of ether oxygens (including phenoxy) is 1. The van der Waals surface area contributed by atoms with Crippen molar-refractivity contribution in [1.29, 1.82) is 0 Å². The lowest BCUT2D eigenvalue weighted by atomic mass is 9.85. The van der Waals surface area contributed by atoms with Gasteiger partial charge in [0.1, 0.15) is 16.8 Å². The second kappa shape index (κ2) is 8.16. The van der Waals surface area contributed by atoms with E-state index in [1.54, 1.807) is 11.8 Å². The summed E-state index contributed by atoms with van der Waals surface area (Å²) < 4.78 is 6.27. The van der Waals surface area contributed by atoms with Crippen molar-refractivity contribution in [3.63, 3.8) is 0 Å². The summed E-state index contributed by atoms with van der Waals surface area (Å²) in [5, 5.41) is 10.1. The molecule has 0 bridgehead atoms. The summed E-state index contributed by atoms with van der Waals surface area (Å²) in [7, 11) is 2.76. The lowest BCUT2D eigenvalue weighted by molar-refractivity contribution is 0.201. The second-order valence-electron chi connectivity index (χ2n) is 10.6. The Kier molecular flexibility index (Phi) is 6.78. The number of phenols is 1. The zero-order valence-electron chi connectivity index (χ0n) is 19.7. The molecule has 2 aromatic carbocycles. The molecule has 29 heavy (non-hydrogen) atoms. The number of rotatable bonds is 4. The van der Waals surface area contributed by atoms with E-state index in [1.807, 2.05) is 6.07 Å². The predicted molar refractivity (Wildman–Crippen MR) is 130 cm³/mol. The van der Waals surface area contributed by atoms with E-state index < -0.39 is 0 Å². The Hall–Kier alpha value is -1.18. The highest BCUT2D eigenvalue weighted by molar-refractivity contribution is 7.99. The van der Waals surface area contributed by atoms with Gasteiger partial charge < -0.3 is 9.84 Å². The monoisotopic (exact) mass is 432 g/mol. The Bertz CT molecular complexity index is 897. The van der Waals surface area contributed by atoms with E-state index in [-0.39, 0.29) is 16.2 Å². The molecule has 2 nitrogen and oxygen atoms in total. The Balaban J connectivity index is 2.57. The first-order chi connectivity index (χ1) is 13.0. The smallest absolute Gasteiger partial charge is 0.124 e. The molecule has 160 valence electrons. The van der Waals surface area contributed by atoms with Crippen LogP contribution in [0.15, 0.2) is 34.1 Å². The third-order valence-corrected chi connectivity index (χ3v) is 6.22. The molecule has 0 heterocycles. The molecule has 0 saturated carbocycles. The Morgan fingerprint density at radius 1 is 0.759 bits per heavy atom. The normalized spacial score (nSPS) is 12.9. The van der Waals surface area contributed by atoms with Crippen molar-refractivity contribution in [3.8, 4) is 11.5 Å². The number of benzene rings is 2. The van der Waals surface area contributed by atoms with Crippen LogP contribution in [0.5, 0.6) is 11.5 Å². The fraction of sp³-hybridized carbons (Fsp3) is 0.520. The predicted octanol–water partition coefficient (Wildman–Crippen LogP) is 7.75. The van der Waals surface area contributed by atoms with Gasteiger partial charge in [-0.1, -0.05) is 62.5 Å². The number of hydrogen-bond acceptors (Lipinski definition) is 3. The minimum Gasteiger partial charge on any atom is -0.508 e. The molecule has 0 spiro atoms. The topological polar surface area (TPSA) is 29.5 Å². The van der Waals surface area contributed by atoms with Gasteiger partial charge in [0, 0.05) is 20.9 Å². The van der Waals surface area contributed by atoms with Gasteiger partial charge in [-0.15, -0.1) is 0 Å². The molecule has 1 N–H and O–H groups in total. The maximum atomic E-state index is 10.4. The van der Waals surface area contributed by atoms with Gasteiger partial charge in [0.05, 0.1) is 0 Å². The molecule has 0 amide bonds. The van der Waals surface area contributed by atoms with Gasteiger partial charge in [-0.2, -0.15) is 0 Å². The summed E-state index contributed by atoms with van der Waals surface area (Å²) in [5.74, 6) is 1.31. The number of hydrogen-bond donors (Lipinski definition) is 1. The second-order valence-corrected chi connectivity index (χ2v) is 13.0. The highest BCUT2D eigenvalue weighted by Gasteiger charge is 2.25. The summed E-state index contributed by atoms with van der Waals surface area (Å²) in [6, 6.07) is 8.46. The van der Waals surface area contributed by atoms with Gasteiger partial charge in [-0.3, -0.25) is 0 Å². The minimum atomic E-state index is -0.323. The molecule has 1 atom stereocenters. The van der Waals surface area contributed by atoms with E-state index in [1.165, 1.54) is 20.9 Å². The summed E-state index contributed by atoms with van der Waals surface area (Å²) in [5.41, 5.74) is 4.31. The van der Waals surface area contributed by atoms with Crippen LogP contribution in [-0.4, -0.2) is 10.4 Å². The van der Waals surface area contributed by atoms with Crippen LogP contribution < -0.4 is 4.74 Å². The van der Waals surface area contributed by atoms with Crippen molar-refractivity contribution >= 4 is 21.0 Å². The fourth-order valence-corrected chi connectivity index (χ4v) is 4.38. The largest absolute Gasteiger partial charge is 0.508 e. The maximum absolute atomic E-state index is 10.4. The fourth-order valence-electron chi connectivity index (χ4n) is 3.23. The summed E-state index contributed by atoms with van der Waals surface area (Å²) in [6.45, 7) is 21.4. The van der Waals surface area contributed by atoms with Crippen LogP contribution >= 0.6 is 21.0 Å². The highest BCUT2D eigenvalue weighted by atomic mass is 32.2. The Morgan fingerprint density at radius 2 is 1.21 bits per heavy atom. The van der Waals surface area contributed by atoms with E-state index in [4.69, 9.17) is 4.74 Å². The molecule has 2 aromatic rings. The first-order valence-corrected chi connectivity index (χ1v) is 11.5. The number of aromatic hydroxyl groups is 1. The SMILES string of the molecule is Cc1cc(O)c(C(C)(C)C)cc1Sc1cc(C(C)(C)C)c(OC(C)(C)P)cc1C. The molecule has 0 aliphatic rings. The van der Waals surface area contributed by atoms with E-state index in [0.29, 0.717) is 5.75 Å². The molecule has 0 aliphatic heterocycles. The average Bonchev–Trinajstić information content (AvgIpc) is 2.47. The van der Waals surface area contributed by atoms with Gasteiger partial charge >= 0.3 is 0 Å². The molecule has 0 radical (unpaired) electrons. The van der Waals surface area contributed by atoms with Crippen LogP contribution in [-0.2, 0) is 10.8 Å². The van der Waals surface area contributed by atoms with Gasteiger partial charge in [-0.05, 0) is 73.9 Å². The van der Waals surface area contributed by atoms with Crippen molar-refractivity contribution in [2.24, 2.45) is 0 Å². The van der Waals surface area contributed by atoms with Crippen LogP contribution in [0.1, 0.15) is 77.6 Å². The van der Waals surface area contributed by atoms with Crippen molar-refractivity contribution in [2.75, 3.05) is 0 Å². The zero-order valence-corrected chi connectivity index (χ0v) is 21.6. The third kappa shape index (κ3) is 6.15. The van der Waals surface area contributed by atoms with Crippen LogP contribution in [0.4, 0.5) is 0 Å². The molecule has 4 heteroatoms. The van der Waals surface area contributed by atoms with Crippen molar-refractivity contribution < 1.29 is 9.84 Å². The maximum Gasteiger partial charge on any atom is 0.124 e. The van der Waals surface area contributed by atoms with Gasteiger partial charge in [0.2, 0.25) is 0 Å². The van der Waals surface area contributed by atoms with Crippen LogP contribution in [0.3, 0.4) is 0 Å². The average molecular weight is 433 g/mol. The van der Waals surface area contributed by atoms with Crippen LogP contribution in [0, 0.1) is 13.8 Å². The van der Waals surface area contributed by atoms with E-state index in [2.05, 4.69) is 96.7 Å². The first kappa shape index (κ1) is 24.1. The van der Waals surface area contributed by atoms with E-state index in [9.17, 15) is 5.11 Å². The lowest BCUT2D eigenvalue weighted by Gasteiger charge is -2.29. The van der Waals surface area contributed by atoms with Crippen molar-refractivity contribution in [1.82, 2.24) is 0 Å². The molecule has 0 aromatic heterocycles. The molecule has 0 aliphatic carbocycles. The van der Waals surface area contributed by atoms with Crippen molar-refractivity contribution in [2.45, 2.75) is 95.2 Å². The summed E-state index contributed by atoms with van der Waals surface area (Å²) in [6.07, 6.45) is 0. The van der Waals surface area contributed by atoms with Gasteiger partial charge in [0.15, 0.2) is 0 Å². The third-order valence-electron chi connectivity index (χ3n) is 4.78. The minimum absolute atomic E-state index is 0.0329.